The summed E-state index contributed by atoms with van der Waals surface area (Å²) in [6.45, 7) is 5.07. The monoisotopic (exact) mass is 298 g/mol. The van der Waals surface area contributed by atoms with Gasteiger partial charge < -0.3 is 15.2 Å². The molecule has 3 aromatic rings. The molecular formula is C16H18N4O2. The summed E-state index contributed by atoms with van der Waals surface area (Å²) in [5.41, 5.74) is 8.85. The van der Waals surface area contributed by atoms with Crippen molar-refractivity contribution in [2.75, 3.05) is 18.9 Å². The van der Waals surface area contributed by atoms with E-state index in [0.29, 0.717) is 24.7 Å². The van der Waals surface area contributed by atoms with E-state index in [9.17, 15) is 0 Å². The van der Waals surface area contributed by atoms with Crippen LogP contribution in [0.25, 0.3) is 16.7 Å². The Bertz CT molecular complexity index is 781. The number of nitrogens with zero attached hydrogens (tertiary/aromatic N) is 3. The SMILES string of the molecule is CCOc1ccc(-n2nc3cc(N)c(OCC)cc3n2)cc1. The second-order valence-corrected chi connectivity index (χ2v) is 4.73. The molecule has 0 amide bonds. The van der Waals surface area contributed by atoms with Crippen LogP contribution >= 0.6 is 0 Å². The van der Waals surface area contributed by atoms with E-state index >= 15 is 0 Å². The van der Waals surface area contributed by atoms with Gasteiger partial charge in [0.05, 0.1) is 24.6 Å². The molecule has 22 heavy (non-hydrogen) atoms. The van der Waals surface area contributed by atoms with Gasteiger partial charge in [-0.05, 0) is 44.2 Å². The van der Waals surface area contributed by atoms with Crippen LogP contribution in [0.15, 0.2) is 36.4 Å². The Labute approximate surface area is 128 Å². The van der Waals surface area contributed by atoms with Gasteiger partial charge in [-0.3, -0.25) is 0 Å². The first-order chi connectivity index (χ1) is 10.7. The number of anilines is 1. The largest absolute Gasteiger partial charge is 0.494 e. The van der Waals surface area contributed by atoms with E-state index in [0.717, 1.165) is 22.5 Å². The summed E-state index contributed by atoms with van der Waals surface area (Å²) in [6.07, 6.45) is 0. The molecule has 114 valence electrons. The summed E-state index contributed by atoms with van der Waals surface area (Å²) >= 11 is 0. The van der Waals surface area contributed by atoms with Gasteiger partial charge in [-0.2, -0.15) is 4.80 Å². The first-order valence-corrected chi connectivity index (χ1v) is 7.24. The lowest BCUT2D eigenvalue weighted by Crippen LogP contribution is -1.98. The average molecular weight is 298 g/mol. The first-order valence-electron chi connectivity index (χ1n) is 7.24. The van der Waals surface area contributed by atoms with Gasteiger partial charge in [0.1, 0.15) is 22.5 Å². The number of fused-ring (bicyclic) bond motifs is 1. The van der Waals surface area contributed by atoms with Crippen LogP contribution in [-0.4, -0.2) is 28.2 Å². The number of aromatic nitrogens is 3. The second-order valence-electron chi connectivity index (χ2n) is 4.73. The molecule has 1 heterocycles. The van der Waals surface area contributed by atoms with Crippen molar-refractivity contribution in [1.82, 2.24) is 15.0 Å². The molecule has 0 atom stereocenters. The number of ether oxygens (including phenoxy) is 2. The first kappa shape index (κ1) is 14.2. The Hall–Kier alpha value is -2.76. The highest BCUT2D eigenvalue weighted by Gasteiger charge is 2.09. The lowest BCUT2D eigenvalue weighted by Gasteiger charge is -2.04. The molecule has 0 bridgehead atoms. The van der Waals surface area contributed by atoms with Crippen LogP contribution in [0.1, 0.15) is 13.8 Å². The molecule has 0 spiro atoms. The molecule has 0 radical (unpaired) electrons. The number of hydrogen-bond donors (Lipinski definition) is 1. The molecule has 2 N–H and O–H groups in total. The van der Waals surface area contributed by atoms with Crippen molar-refractivity contribution in [2.45, 2.75) is 13.8 Å². The summed E-state index contributed by atoms with van der Waals surface area (Å²) in [5, 5.41) is 8.92. The van der Waals surface area contributed by atoms with Crippen LogP contribution in [0.5, 0.6) is 11.5 Å². The van der Waals surface area contributed by atoms with Crippen LogP contribution in [0.4, 0.5) is 5.69 Å². The normalized spacial score (nSPS) is 10.8. The van der Waals surface area contributed by atoms with Crippen molar-refractivity contribution in [3.8, 4) is 17.2 Å². The summed E-state index contributed by atoms with van der Waals surface area (Å²) in [5.74, 6) is 1.46. The third-order valence-corrected chi connectivity index (χ3v) is 3.19. The number of nitrogen functional groups attached to an aromatic ring is 1. The van der Waals surface area contributed by atoms with Gasteiger partial charge >= 0.3 is 0 Å². The van der Waals surface area contributed by atoms with E-state index in [1.54, 1.807) is 10.9 Å². The Balaban J connectivity index is 1.97. The van der Waals surface area contributed by atoms with Gasteiger partial charge in [-0.1, -0.05) is 0 Å². The molecule has 1 aromatic heterocycles. The van der Waals surface area contributed by atoms with Gasteiger partial charge in [-0.15, -0.1) is 10.2 Å². The quantitative estimate of drug-likeness (QED) is 0.733. The molecule has 0 unspecified atom stereocenters. The van der Waals surface area contributed by atoms with Crippen molar-refractivity contribution in [3.63, 3.8) is 0 Å². The summed E-state index contributed by atoms with van der Waals surface area (Å²) in [7, 11) is 0. The molecule has 6 nitrogen and oxygen atoms in total. The van der Waals surface area contributed by atoms with E-state index in [4.69, 9.17) is 15.2 Å². The van der Waals surface area contributed by atoms with E-state index < -0.39 is 0 Å². The molecule has 0 aliphatic carbocycles. The van der Waals surface area contributed by atoms with Crippen molar-refractivity contribution in [2.24, 2.45) is 0 Å². The highest BCUT2D eigenvalue weighted by atomic mass is 16.5. The van der Waals surface area contributed by atoms with Crippen molar-refractivity contribution < 1.29 is 9.47 Å². The highest BCUT2D eigenvalue weighted by molar-refractivity contribution is 5.81. The van der Waals surface area contributed by atoms with E-state index in [1.165, 1.54) is 0 Å². The summed E-state index contributed by atoms with van der Waals surface area (Å²) < 4.78 is 10.9. The van der Waals surface area contributed by atoms with Crippen LogP contribution < -0.4 is 15.2 Å². The molecular weight excluding hydrogens is 280 g/mol. The Morgan fingerprint density at radius 2 is 1.59 bits per heavy atom. The molecule has 0 fully saturated rings. The van der Waals surface area contributed by atoms with Crippen LogP contribution in [-0.2, 0) is 0 Å². The lowest BCUT2D eigenvalue weighted by atomic mass is 10.2. The zero-order valence-electron chi connectivity index (χ0n) is 12.6. The van der Waals surface area contributed by atoms with Crippen molar-refractivity contribution in [3.05, 3.63) is 36.4 Å². The maximum absolute atomic E-state index is 5.96. The topological polar surface area (TPSA) is 75.2 Å². The number of rotatable bonds is 5. The minimum atomic E-state index is 0.558. The smallest absolute Gasteiger partial charge is 0.144 e. The Morgan fingerprint density at radius 3 is 2.23 bits per heavy atom. The second kappa shape index (κ2) is 5.93. The van der Waals surface area contributed by atoms with E-state index in [1.807, 2.05) is 44.2 Å². The fraction of sp³-hybridized carbons (Fsp3) is 0.250. The number of hydrogen-bond acceptors (Lipinski definition) is 5. The molecule has 3 rings (SSSR count). The Kier molecular flexibility index (Phi) is 3.82. The van der Waals surface area contributed by atoms with Crippen LogP contribution in [0, 0.1) is 0 Å². The minimum absolute atomic E-state index is 0.558. The van der Waals surface area contributed by atoms with Gasteiger partial charge in [0.2, 0.25) is 0 Å². The fourth-order valence-corrected chi connectivity index (χ4v) is 2.20. The third-order valence-electron chi connectivity index (χ3n) is 3.19. The molecule has 0 aliphatic rings. The Morgan fingerprint density at radius 1 is 0.955 bits per heavy atom. The lowest BCUT2D eigenvalue weighted by molar-refractivity contribution is 0.340. The molecule has 0 saturated heterocycles. The molecule has 0 aliphatic heterocycles. The van der Waals surface area contributed by atoms with E-state index in [2.05, 4.69) is 10.2 Å². The van der Waals surface area contributed by atoms with Gasteiger partial charge in [0.15, 0.2) is 0 Å². The predicted octanol–water partition coefficient (Wildman–Crippen LogP) is 2.80. The minimum Gasteiger partial charge on any atom is -0.494 e. The van der Waals surface area contributed by atoms with Crippen LogP contribution in [0.3, 0.4) is 0 Å². The standard InChI is InChI=1S/C16H18N4O2/c1-3-21-12-7-5-11(6-8-12)20-18-14-9-13(17)16(22-4-2)10-15(14)19-20/h5-10H,3-4,17H2,1-2H3. The maximum Gasteiger partial charge on any atom is 0.144 e. The summed E-state index contributed by atoms with van der Waals surface area (Å²) in [6, 6.07) is 11.2. The molecule has 0 saturated carbocycles. The molecule has 2 aromatic carbocycles. The van der Waals surface area contributed by atoms with Gasteiger partial charge in [0.25, 0.3) is 0 Å². The highest BCUT2D eigenvalue weighted by Crippen LogP contribution is 2.27. The summed E-state index contributed by atoms with van der Waals surface area (Å²) in [4.78, 5) is 1.58. The van der Waals surface area contributed by atoms with Crippen molar-refractivity contribution >= 4 is 16.7 Å². The van der Waals surface area contributed by atoms with Gasteiger partial charge in [-0.25, -0.2) is 0 Å². The third kappa shape index (κ3) is 2.67. The number of benzene rings is 2. The maximum atomic E-state index is 5.96. The van der Waals surface area contributed by atoms with E-state index in [-0.39, 0.29) is 0 Å². The molecule has 6 heteroatoms. The predicted molar refractivity (Wildman–Crippen MR) is 85.6 cm³/mol. The number of nitrogens with two attached hydrogens (primary N) is 1. The van der Waals surface area contributed by atoms with Crippen LogP contribution in [0.2, 0.25) is 0 Å². The zero-order chi connectivity index (χ0) is 15.5. The van der Waals surface area contributed by atoms with Gasteiger partial charge in [0, 0.05) is 6.07 Å². The average Bonchev–Trinajstić information content (AvgIpc) is 2.92. The fourth-order valence-electron chi connectivity index (χ4n) is 2.20. The van der Waals surface area contributed by atoms with Crippen molar-refractivity contribution in [1.29, 1.82) is 0 Å². The zero-order valence-corrected chi connectivity index (χ0v) is 12.6.